The Bertz CT molecular complexity index is 1280. The average Bonchev–Trinajstić information content (AvgIpc) is 3.40. The van der Waals surface area contributed by atoms with Crippen molar-refractivity contribution >= 4 is 29.6 Å². The lowest BCUT2D eigenvalue weighted by Crippen LogP contribution is -2.54. The number of carbonyl (C=O) groups is 3. The summed E-state index contributed by atoms with van der Waals surface area (Å²) < 4.78 is 26.3. The van der Waals surface area contributed by atoms with Crippen LogP contribution in [0.1, 0.15) is 5.69 Å². The number of nitrogens with zero attached hydrogens (tertiary/aromatic N) is 2. The van der Waals surface area contributed by atoms with Gasteiger partial charge in [-0.05, 0) is 42.5 Å². The van der Waals surface area contributed by atoms with Crippen LogP contribution in [-0.2, 0) is 9.59 Å². The van der Waals surface area contributed by atoms with E-state index in [-0.39, 0.29) is 23.7 Å². The highest BCUT2D eigenvalue weighted by Crippen LogP contribution is 2.36. The third kappa shape index (κ3) is 3.12. The fraction of sp³-hybridized carbons (Fsp3) is 0.0455. The van der Waals surface area contributed by atoms with Crippen LogP contribution >= 0.6 is 0 Å². The molecule has 4 amide bonds. The Morgan fingerprint density at radius 1 is 0.968 bits per heavy atom. The van der Waals surface area contributed by atoms with Gasteiger partial charge in [-0.25, -0.2) is 14.1 Å². The normalized spacial score (nSPS) is 16.7. The summed E-state index contributed by atoms with van der Waals surface area (Å²) in [6.45, 7) is 0.0373. The molecule has 0 atom stereocenters. The van der Waals surface area contributed by atoms with E-state index in [9.17, 15) is 18.8 Å². The van der Waals surface area contributed by atoms with Crippen LogP contribution in [0.2, 0.25) is 0 Å². The summed E-state index contributed by atoms with van der Waals surface area (Å²) in [6, 6.07) is 13.1. The summed E-state index contributed by atoms with van der Waals surface area (Å²) in [5, 5.41) is 2.16. The predicted molar refractivity (Wildman–Crippen MR) is 107 cm³/mol. The van der Waals surface area contributed by atoms with E-state index in [1.54, 1.807) is 42.6 Å². The largest absolute Gasteiger partial charge is 0.454 e. The molecule has 0 unspecified atom stereocenters. The topological polar surface area (TPSA) is 89.9 Å². The van der Waals surface area contributed by atoms with Gasteiger partial charge in [0, 0.05) is 18.0 Å². The van der Waals surface area contributed by atoms with E-state index in [1.165, 1.54) is 28.8 Å². The molecular weight excluding hydrogens is 405 g/mol. The zero-order valence-electron chi connectivity index (χ0n) is 15.9. The molecule has 0 bridgehead atoms. The van der Waals surface area contributed by atoms with Gasteiger partial charge in [-0.1, -0.05) is 12.1 Å². The number of nitrogens with one attached hydrogen (secondary N) is 1. The molecule has 2 aromatic carbocycles. The molecule has 8 nitrogen and oxygen atoms in total. The first-order chi connectivity index (χ1) is 15.0. The number of ether oxygens (including phenoxy) is 2. The number of aromatic nitrogens is 1. The fourth-order valence-electron chi connectivity index (χ4n) is 3.44. The molecule has 1 fully saturated rings. The van der Waals surface area contributed by atoms with Gasteiger partial charge in [0.2, 0.25) is 6.79 Å². The Kier molecular flexibility index (Phi) is 4.28. The fourth-order valence-corrected chi connectivity index (χ4v) is 3.44. The van der Waals surface area contributed by atoms with Crippen molar-refractivity contribution in [3.63, 3.8) is 0 Å². The maximum atomic E-state index is 14.2. The zero-order valence-corrected chi connectivity index (χ0v) is 15.9. The zero-order chi connectivity index (χ0) is 21.5. The van der Waals surface area contributed by atoms with Crippen molar-refractivity contribution in [1.29, 1.82) is 0 Å². The first-order valence-electron chi connectivity index (χ1n) is 9.26. The molecule has 3 aromatic rings. The standard InChI is InChI=1S/C22H14FN3O5/c23-16-5-1-2-6-17(16)25-9-3-4-13(25)10-15-20(27)24-22(29)26(21(15)28)14-7-8-18-19(11-14)31-12-30-18/h1-11H,12H2,(H,24,27,29)/b15-10+. The minimum Gasteiger partial charge on any atom is -0.454 e. The second kappa shape index (κ2) is 7.13. The van der Waals surface area contributed by atoms with Gasteiger partial charge in [-0.2, -0.15) is 0 Å². The van der Waals surface area contributed by atoms with Crippen LogP contribution in [0.5, 0.6) is 11.5 Å². The molecule has 31 heavy (non-hydrogen) atoms. The number of carbonyl (C=O) groups excluding carboxylic acids is 3. The van der Waals surface area contributed by atoms with Crippen molar-refractivity contribution in [3.8, 4) is 17.2 Å². The molecule has 1 saturated heterocycles. The lowest BCUT2D eigenvalue weighted by atomic mass is 10.1. The maximum absolute atomic E-state index is 14.2. The number of rotatable bonds is 3. The lowest BCUT2D eigenvalue weighted by Gasteiger charge is -2.26. The highest BCUT2D eigenvalue weighted by atomic mass is 19.1. The van der Waals surface area contributed by atoms with Gasteiger partial charge in [0.1, 0.15) is 11.4 Å². The van der Waals surface area contributed by atoms with Gasteiger partial charge in [0.05, 0.1) is 11.4 Å². The molecule has 2 aliphatic rings. The van der Waals surface area contributed by atoms with Crippen molar-refractivity contribution in [2.24, 2.45) is 0 Å². The summed E-state index contributed by atoms with van der Waals surface area (Å²) in [4.78, 5) is 38.8. The number of halogens is 1. The van der Waals surface area contributed by atoms with E-state index >= 15 is 0 Å². The van der Waals surface area contributed by atoms with Gasteiger partial charge < -0.3 is 14.0 Å². The Labute approximate surface area is 175 Å². The summed E-state index contributed by atoms with van der Waals surface area (Å²) in [5.41, 5.74) is 0.596. The number of imide groups is 2. The van der Waals surface area contributed by atoms with Crippen molar-refractivity contribution in [2.75, 3.05) is 11.7 Å². The third-order valence-corrected chi connectivity index (χ3v) is 4.90. The SMILES string of the molecule is O=C1NC(=O)N(c2ccc3c(c2)OCO3)C(=O)/C1=C/c1cccn1-c1ccccc1F. The van der Waals surface area contributed by atoms with Gasteiger partial charge in [0.15, 0.2) is 11.5 Å². The van der Waals surface area contributed by atoms with Crippen LogP contribution in [0.4, 0.5) is 14.9 Å². The van der Waals surface area contributed by atoms with Gasteiger partial charge >= 0.3 is 6.03 Å². The van der Waals surface area contributed by atoms with E-state index in [2.05, 4.69) is 5.32 Å². The molecule has 0 saturated carbocycles. The van der Waals surface area contributed by atoms with E-state index in [4.69, 9.17) is 9.47 Å². The molecule has 5 rings (SSSR count). The first kappa shape index (κ1) is 18.6. The van der Waals surface area contributed by atoms with Crippen molar-refractivity contribution in [1.82, 2.24) is 9.88 Å². The maximum Gasteiger partial charge on any atom is 0.335 e. The quantitative estimate of drug-likeness (QED) is 0.521. The summed E-state index contributed by atoms with van der Waals surface area (Å²) in [5.74, 6) is -1.24. The summed E-state index contributed by atoms with van der Waals surface area (Å²) >= 11 is 0. The number of para-hydroxylation sites is 1. The minimum atomic E-state index is -0.879. The van der Waals surface area contributed by atoms with E-state index in [0.717, 1.165) is 4.90 Å². The molecular formula is C22H14FN3O5. The number of anilines is 1. The summed E-state index contributed by atoms with van der Waals surface area (Å²) in [7, 11) is 0. The Balaban J connectivity index is 1.55. The van der Waals surface area contributed by atoms with Crippen LogP contribution in [0, 0.1) is 5.82 Å². The van der Waals surface area contributed by atoms with Gasteiger partial charge in [0.25, 0.3) is 11.8 Å². The van der Waals surface area contributed by atoms with Crippen LogP contribution in [0.3, 0.4) is 0 Å². The van der Waals surface area contributed by atoms with Crippen molar-refractivity contribution in [2.45, 2.75) is 0 Å². The second-order valence-electron chi connectivity index (χ2n) is 6.75. The summed E-state index contributed by atoms with van der Waals surface area (Å²) in [6.07, 6.45) is 2.92. The monoisotopic (exact) mass is 419 g/mol. The van der Waals surface area contributed by atoms with E-state index < -0.39 is 23.7 Å². The second-order valence-corrected chi connectivity index (χ2v) is 6.75. The molecule has 154 valence electrons. The van der Waals surface area contributed by atoms with Crippen molar-refractivity contribution in [3.05, 3.63) is 77.9 Å². The van der Waals surface area contributed by atoms with Crippen LogP contribution in [0.15, 0.2) is 66.4 Å². The Hall–Kier alpha value is -4.40. The number of fused-ring (bicyclic) bond motifs is 1. The highest BCUT2D eigenvalue weighted by Gasteiger charge is 2.37. The third-order valence-electron chi connectivity index (χ3n) is 4.90. The minimum absolute atomic E-state index is 0.0373. The molecule has 0 aliphatic carbocycles. The molecule has 0 radical (unpaired) electrons. The molecule has 3 heterocycles. The molecule has 2 aliphatic heterocycles. The highest BCUT2D eigenvalue weighted by molar-refractivity contribution is 6.39. The van der Waals surface area contributed by atoms with Gasteiger partial charge in [-0.3, -0.25) is 14.9 Å². The molecule has 1 N–H and O–H groups in total. The smallest absolute Gasteiger partial charge is 0.335 e. The number of amides is 4. The van der Waals surface area contributed by atoms with Crippen LogP contribution < -0.4 is 19.7 Å². The van der Waals surface area contributed by atoms with Crippen molar-refractivity contribution < 1.29 is 28.2 Å². The number of urea groups is 1. The number of hydrogen-bond acceptors (Lipinski definition) is 5. The van der Waals surface area contributed by atoms with Gasteiger partial charge in [-0.15, -0.1) is 0 Å². The molecule has 9 heteroatoms. The number of benzene rings is 2. The van der Waals surface area contributed by atoms with E-state index in [0.29, 0.717) is 17.2 Å². The lowest BCUT2D eigenvalue weighted by molar-refractivity contribution is -0.122. The Morgan fingerprint density at radius 2 is 1.77 bits per heavy atom. The van der Waals surface area contributed by atoms with Crippen LogP contribution in [-0.4, -0.2) is 29.2 Å². The average molecular weight is 419 g/mol. The number of barbiturate groups is 1. The molecule has 0 spiro atoms. The first-order valence-corrected chi connectivity index (χ1v) is 9.26. The van der Waals surface area contributed by atoms with E-state index in [1.807, 2.05) is 0 Å². The molecule has 1 aromatic heterocycles. The van der Waals surface area contributed by atoms with Crippen LogP contribution in [0.25, 0.3) is 11.8 Å². The number of hydrogen-bond donors (Lipinski definition) is 1. The predicted octanol–water partition coefficient (Wildman–Crippen LogP) is 3.01. The Morgan fingerprint density at radius 3 is 2.61 bits per heavy atom.